The number of rotatable bonds is 4. The van der Waals surface area contributed by atoms with Crippen molar-refractivity contribution in [3.63, 3.8) is 0 Å². The molecule has 0 fully saturated rings. The van der Waals surface area contributed by atoms with Crippen molar-refractivity contribution in [3.8, 4) is 0 Å². The number of nitrogens with zero attached hydrogens (tertiary/aromatic N) is 1. The maximum atomic E-state index is 13.7. The molecule has 0 spiro atoms. The van der Waals surface area contributed by atoms with E-state index in [9.17, 15) is 8.78 Å². The lowest BCUT2D eigenvalue weighted by Gasteiger charge is -2.08. The van der Waals surface area contributed by atoms with Gasteiger partial charge < -0.3 is 5.32 Å². The fourth-order valence-corrected chi connectivity index (χ4v) is 2.12. The zero-order valence-electron chi connectivity index (χ0n) is 10.4. The summed E-state index contributed by atoms with van der Waals surface area (Å²) in [6, 6.07) is 8.27. The monoisotopic (exact) mass is 326 g/mol. The number of aryl methyl sites for hydroxylation is 1. The summed E-state index contributed by atoms with van der Waals surface area (Å²) >= 11 is 3.04. The molecule has 2 aromatic rings. The van der Waals surface area contributed by atoms with Gasteiger partial charge in [-0.3, -0.25) is 4.98 Å². The Bertz CT molecular complexity index is 588. The summed E-state index contributed by atoms with van der Waals surface area (Å²) in [5.41, 5.74) is 1.79. The van der Waals surface area contributed by atoms with Gasteiger partial charge >= 0.3 is 0 Å². The summed E-state index contributed by atoms with van der Waals surface area (Å²) in [4.78, 5) is 4.31. The van der Waals surface area contributed by atoms with Gasteiger partial charge in [0, 0.05) is 24.3 Å². The molecular formula is C14H13BrF2N2. The van der Waals surface area contributed by atoms with Crippen LogP contribution in [0, 0.1) is 18.6 Å². The second-order valence-electron chi connectivity index (χ2n) is 4.20. The average molecular weight is 327 g/mol. The van der Waals surface area contributed by atoms with Gasteiger partial charge in [0.05, 0.1) is 10.2 Å². The van der Waals surface area contributed by atoms with E-state index in [1.807, 2.05) is 25.1 Å². The minimum atomic E-state index is -0.565. The van der Waals surface area contributed by atoms with E-state index in [-0.39, 0.29) is 16.6 Å². The molecule has 5 heteroatoms. The first-order valence-corrected chi connectivity index (χ1v) is 6.63. The molecule has 0 unspecified atom stereocenters. The van der Waals surface area contributed by atoms with Gasteiger partial charge in [-0.05, 0) is 47.1 Å². The number of halogens is 3. The van der Waals surface area contributed by atoms with Crippen LogP contribution < -0.4 is 5.32 Å². The van der Waals surface area contributed by atoms with Gasteiger partial charge in [-0.15, -0.1) is 0 Å². The molecule has 1 N–H and O–H groups in total. The fourth-order valence-electron chi connectivity index (χ4n) is 1.74. The molecule has 0 radical (unpaired) electrons. The zero-order valence-corrected chi connectivity index (χ0v) is 12.0. The second kappa shape index (κ2) is 6.21. The van der Waals surface area contributed by atoms with Gasteiger partial charge in [0.15, 0.2) is 0 Å². The lowest BCUT2D eigenvalue weighted by Crippen LogP contribution is -2.16. The van der Waals surface area contributed by atoms with Crippen LogP contribution in [0.3, 0.4) is 0 Å². The molecule has 1 aromatic carbocycles. The SMILES string of the molecule is Cc1cccc(CNCc2c(F)ccc(Br)c2F)n1. The Morgan fingerprint density at radius 2 is 1.95 bits per heavy atom. The van der Waals surface area contributed by atoms with Crippen LogP contribution in [0.1, 0.15) is 17.0 Å². The minimum Gasteiger partial charge on any atom is -0.307 e. The number of pyridine rings is 1. The van der Waals surface area contributed by atoms with Gasteiger partial charge in [-0.25, -0.2) is 8.78 Å². The zero-order chi connectivity index (χ0) is 13.8. The molecular weight excluding hydrogens is 314 g/mol. The number of benzene rings is 1. The smallest absolute Gasteiger partial charge is 0.144 e. The maximum absolute atomic E-state index is 13.7. The molecule has 19 heavy (non-hydrogen) atoms. The van der Waals surface area contributed by atoms with Crippen LogP contribution in [0.25, 0.3) is 0 Å². The Morgan fingerprint density at radius 1 is 1.16 bits per heavy atom. The van der Waals surface area contributed by atoms with Crippen molar-refractivity contribution in [2.24, 2.45) is 0 Å². The molecule has 100 valence electrons. The largest absolute Gasteiger partial charge is 0.307 e. The first kappa shape index (κ1) is 14.1. The summed E-state index contributed by atoms with van der Waals surface area (Å²) < 4.78 is 27.5. The van der Waals surface area contributed by atoms with Gasteiger partial charge in [0.1, 0.15) is 11.6 Å². The first-order valence-electron chi connectivity index (χ1n) is 5.83. The van der Waals surface area contributed by atoms with Crippen molar-refractivity contribution in [1.82, 2.24) is 10.3 Å². The molecule has 0 saturated carbocycles. The number of aromatic nitrogens is 1. The second-order valence-corrected chi connectivity index (χ2v) is 5.05. The number of hydrogen-bond acceptors (Lipinski definition) is 2. The normalized spacial score (nSPS) is 10.7. The van der Waals surface area contributed by atoms with Crippen LogP contribution in [0.5, 0.6) is 0 Å². The van der Waals surface area contributed by atoms with Crippen LogP contribution in [-0.4, -0.2) is 4.98 Å². The molecule has 1 heterocycles. The molecule has 0 saturated heterocycles. The van der Waals surface area contributed by atoms with Crippen molar-refractivity contribution in [3.05, 3.63) is 63.4 Å². The van der Waals surface area contributed by atoms with E-state index in [1.54, 1.807) is 0 Å². The molecule has 0 amide bonds. The molecule has 0 bridgehead atoms. The molecule has 0 aliphatic heterocycles. The Morgan fingerprint density at radius 3 is 2.68 bits per heavy atom. The van der Waals surface area contributed by atoms with Gasteiger partial charge in [0.2, 0.25) is 0 Å². The lowest BCUT2D eigenvalue weighted by atomic mass is 10.2. The van der Waals surface area contributed by atoms with Crippen molar-refractivity contribution in [1.29, 1.82) is 0 Å². The van der Waals surface area contributed by atoms with E-state index < -0.39 is 11.6 Å². The first-order chi connectivity index (χ1) is 9.08. The highest BCUT2D eigenvalue weighted by Gasteiger charge is 2.11. The van der Waals surface area contributed by atoms with E-state index in [4.69, 9.17) is 0 Å². The van der Waals surface area contributed by atoms with Crippen molar-refractivity contribution in [2.75, 3.05) is 0 Å². The van der Waals surface area contributed by atoms with E-state index in [0.717, 1.165) is 11.4 Å². The molecule has 1 aromatic heterocycles. The fraction of sp³-hybridized carbons (Fsp3) is 0.214. The van der Waals surface area contributed by atoms with Crippen LogP contribution in [0.4, 0.5) is 8.78 Å². The third kappa shape index (κ3) is 3.58. The highest BCUT2D eigenvalue weighted by molar-refractivity contribution is 9.10. The summed E-state index contributed by atoms with van der Waals surface area (Å²) in [7, 11) is 0. The number of nitrogens with one attached hydrogen (secondary N) is 1. The Balaban J connectivity index is 2.02. The third-order valence-electron chi connectivity index (χ3n) is 2.69. The summed E-state index contributed by atoms with van der Waals surface area (Å²) in [5, 5.41) is 2.99. The Hall–Kier alpha value is -1.33. The van der Waals surface area contributed by atoms with Crippen molar-refractivity contribution >= 4 is 15.9 Å². The van der Waals surface area contributed by atoms with E-state index in [0.29, 0.717) is 6.54 Å². The Labute approximate surface area is 119 Å². The molecule has 2 nitrogen and oxygen atoms in total. The lowest BCUT2D eigenvalue weighted by molar-refractivity contribution is 0.530. The van der Waals surface area contributed by atoms with E-state index in [2.05, 4.69) is 26.2 Å². The van der Waals surface area contributed by atoms with Crippen LogP contribution in [-0.2, 0) is 13.1 Å². The van der Waals surface area contributed by atoms with E-state index >= 15 is 0 Å². The summed E-state index contributed by atoms with van der Waals surface area (Å²) in [5.74, 6) is -1.12. The van der Waals surface area contributed by atoms with Gasteiger partial charge in [-0.2, -0.15) is 0 Å². The Kier molecular flexibility index (Phi) is 4.61. The van der Waals surface area contributed by atoms with Crippen LogP contribution in [0.15, 0.2) is 34.8 Å². The quantitative estimate of drug-likeness (QED) is 0.866. The van der Waals surface area contributed by atoms with Crippen molar-refractivity contribution in [2.45, 2.75) is 20.0 Å². The molecule has 0 aliphatic rings. The van der Waals surface area contributed by atoms with E-state index in [1.165, 1.54) is 12.1 Å². The summed E-state index contributed by atoms with van der Waals surface area (Å²) in [6.07, 6.45) is 0. The average Bonchev–Trinajstić information content (AvgIpc) is 2.38. The van der Waals surface area contributed by atoms with Crippen LogP contribution in [0.2, 0.25) is 0 Å². The van der Waals surface area contributed by atoms with Gasteiger partial charge in [0.25, 0.3) is 0 Å². The highest BCUT2D eigenvalue weighted by Crippen LogP contribution is 2.21. The molecule has 0 atom stereocenters. The molecule has 0 aliphatic carbocycles. The van der Waals surface area contributed by atoms with Gasteiger partial charge in [-0.1, -0.05) is 6.07 Å². The van der Waals surface area contributed by atoms with Crippen molar-refractivity contribution < 1.29 is 8.78 Å². The predicted octanol–water partition coefficient (Wildman–Crippen LogP) is 3.72. The third-order valence-corrected chi connectivity index (χ3v) is 3.31. The maximum Gasteiger partial charge on any atom is 0.144 e. The topological polar surface area (TPSA) is 24.9 Å². The minimum absolute atomic E-state index is 0.0297. The molecule has 2 rings (SSSR count). The number of hydrogen-bond donors (Lipinski definition) is 1. The standard InChI is InChI=1S/C14H13BrF2N2/c1-9-3-2-4-10(19-9)7-18-8-11-13(16)6-5-12(15)14(11)17/h2-6,18H,7-8H2,1H3. The summed E-state index contributed by atoms with van der Waals surface area (Å²) in [6.45, 7) is 2.48. The highest BCUT2D eigenvalue weighted by atomic mass is 79.9. The predicted molar refractivity (Wildman–Crippen MR) is 73.6 cm³/mol. The van der Waals surface area contributed by atoms with Crippen LogP contribution >= 0.6 is 15.9 Å².